The third-order valence-corrected chi connectivity index (χ3v) is 4.30. The highest BCUT2D eigenvalue weighted by molar-refractivity contribution is 5.42. The minimum atomic E-state index is 0.634. The molecule has 7 heteroatoms. The van der Waals surface area contributed by atoms with Crippen LogP contribution in [0.4, 0.5) is 11.8 Å². The summed E-state index contributed by atoms with van der Waals surface area (Å²) < 4.78 is 10.6. The molecule has 3 rings (SSSR count). The van der Waals surface area contributed by atoms with Crippen LogP contribution in [0.1, 0.15) is 11.3 Å². The number of aryl methyl sites for hydroxylation is 1. The number of anilines is 2. The van der Waals surface area contributed by atoms with Gasteiger partial charge >= 0.3 is 0 Å². The molecule has 1 aliphatic heterocycles. The summed E-state index contributed by atoms with van der Waals surface area (Å²) in [5, 5.41) is 6.69. The largest absolute Gasteiger partial charge is 0.497 e. The predicted molar refractivity (Wildman–Crippen MR) is 103 cm³/mol. The van der Waals surface area contributed by atoms with E-state index in [0.29, 0.717) is 12.5 Å². The van der Waals surface area contributed by atoms with Crippen molar-refractivity contribution in [1.29, 1.82) is 0 Å². The van der Waals surface area contributed by atoms with Crippen molar-refractivity contribution in [3.05, 3.63) is 41.6 Å². The number of morpholine rings is 1. The maximum absolute atomic E-state index is 5.37. The Morgan fingerprint density at radius 3 is 2.62 bits per heavy atom. The summed E-state index contributed by atoms with van der Waals surface area (Å²) in [6, 6.07) is 9.93. The van der Waals surface area contributed by atoms with E-state index in [0.717, 1.165) is 62.2 Å². The van der Waals surface area contributed by atoms with Gasteiger partial charge in [-0.15, -0.1) is 0 Å². The lowest BCUT2D eigenvalue weighted by Crippen LogP contribution is -2.39. The van der Waals surface area contributed by atoms with E-state index in [9.17, 15) is 0 Å². The molecule has 2 N–H and O–H groups in total. The first kappa shape index (κ1) is 18.4. The molecule has 1 saturated heterocycles. The summed E-state index contributed by atoms with van der Waals surface area (Å²) in [5.74, 6) is 2.34. The Morgan fingerprint density at radius 1 is 1.12 bits per heavy atom. The normalized spacial score (nSPS) is 14.8. The smallest absolute Gasteiger partial charge is 0.225 e. The molecule has 0 radical (unpaired) electrons. The van der Waals surface area contributed by atoms with Crippen molar-refractivity contribution in [2.24, 2.45) is 0 Å². The Labute approximate surface area is 154 Å². The van der Waals surface area contributed by atoms with E-state index in [2.05, 4.69) is 25.5 Å². The van der Waals surface area contributed by atoms with Gasteiger partial charge in [0.1, 0.15) is 11.6 Å². The van der Waals surface area contributed by atoms with Crippen LogP contribution in [0, 0.1) is 6.92 Å². The summed E-state index contributed by atoms with van der Waals surface area (Å²) in [7, 11) is 1.67. The van der Waals surface area contributed by atoms with Gasteiger partial charge < -0.3 is 20.1 Å². The van der Waals surface area contributed by atoms with Crippen LogP contribution in [0.15, 0.2) is 30.3 Å². The Kier molecular flexibility index (Phi) is 6.62. The van der Waals surface area contributed by atoms with Gasteiger partial charge in [-0.3, -0.25) is 4.90 Å². The molecule has 1 aromatic heterocycles. The van der Waals surface area contributed by atoms with Crippen molar-refractivity contribution < 1.29 is 9.47 Å². The van der Waals surface area contributed by atoms with Gasteiger partial charge in [0.25, 0.3) is 0 Å². The highest BCUT2D eigenvalue weighted by Crippen LogP contribution is 2.14. The number of aromatic nitrogens is 2. The first-order valence-corrected chi connectivity index (χ1v) is 8.99. The maximum atomic E-state index is 5.37. The van der Waals surface area contributed by atoms with Crippen molar-refractivity contribution in [3.63, 3.8) is 0 Å². The molecule has 7 nitrogen and oxygen atoms in total. The Morgan fingerprint density at radius 2 is 1.88 bits per heavy atom. The first-order valence-electron chi connectivity index (χ1n) is 8.99. The van der Waals surface area contributed by atoms with Crippen LogP contribution < -0.4 is 15.4 Å². The highest BCUT2D eigenvalue weighted by Gasteiger charge is 2.09. The number of methoxy groups -OCH3 is 1. The molecule has 1 aliphatic rings. The van der Waals surface area contributed by atoms with Crippen LogP contribution in [0.5, 0.6) is 5.75 Å². The summed E-state index contributed by atoms with van der Waals surface area (Å²) in [5.41, 5.74) is 2.09. The van der Waals surface area contributed by atoms with Crippen molar-refractivity contribution >= 4 is 11.8 Å². The fraction of sp³-hybridized carbons (Fsp3) is 0.474. The summed E-state index contributed by atoms with van der Waals surface area (Å²) in [4.78, 5) is 11.4. The Hall–Kier alpha value is -2.38. The minimum Gasteiger partial charge on any atom is -0.497 e. The van der Waals surface area contributed by atoms with Gasteiger partial charge in [0.15, 0.2) is 0 Å². The van der Waals surface area contributed by atoms with Crippen molar-refractivity contribution in [2.45, 2.75) is 13.5 Å². The third kappa shape index (κ3) is 5.57. The molecule has 0 amide bonds. The molecule has 0 bridgehead atoms. The first-order chi connectivity index (χ1) is 12.7. The zero-order valence-corrected chi connectivity index (χ0v) is 15.5. The van der Waals surface area contributed by atoms with Crippen molar-refractivity contribution in [1.82, 2.24) is 14.9 Å². The summed E-state index contributed by atoms with van der Waals surface area (Å²) in [6.45, 7) is 8.14. The maximum Gasteiger partial charge on any atom is 0.225 e. The number of nitrogens with one attached hydrogen (secondary N) is 2. The van der Waals surface area contributed by atoms with Gasteiger partial charge in [-0.1, -0.05) is 12.1 Å². The van der Waals surface area contributed by atoms with Crippen LogP contribution in [-0.2, 0) is 11.3 Å². The van der Waals surface area contributed by atoms with Crippen LogP contribution in [0.2, 0.25) is 0 Å². The fourth-order valence-electron chi connectivity index (χ4n) is 2.83. The number of hydrogen-bond acceptors (Lipinski definition) is 7. The van der Waals surface area contributed by atoms with Crippen LogP contribution in [0.25, 0.3) is 0 Å². The van der Waals surface area contributed by atoms with Gasteiger partial charge in [0.2, 0.25) is 5.95 Å². The molecule has 0 aliphatic carbocycles. The average Bonchev–Trinajstić information content (AvgIpc) is 2.67. The zero-order valence-electron chi connectivity index (χ0n) is 15.5. The monoisotopic (exact) mass is 357 g/mol. The van der Waals surface area contributed by atoms with Gasteiger partial charge in [0.05, 0.1) is 20.3 Å². The van der Waals surface area contributed by atoms with Gasteiger partial charge in [-0.2, -0.15) is 4.98 Å². The van der Waals surface area contributed by atoms with E-state index < -0.39 is 0 Å². The second-order valence-corrected chi connectivity index (χ2v) is 6.30. The SMILES string of the molecule is COc1ccc(CNc2nc(C)cc(NCCN3CCOCC3)n2)cc1. The third-order valence-electron chi connectivity index (χ3n) is 4.30. The average molecular weight is 357 g/mol. The molecule has 0 saturated carbocycles. The molecule has 140 valence electrons. The van der Waals surface area contributed by atoms with Crippen molar-refractivity contribution in [3.8, 4) is 5.75 Å². The molecule has 2 heterocycles. The second kappa shape index (κ2) is 9.35. The predicted octanol–water partition coefficient (Wildman–Crippen LogP) is 2.15. The second-order valence-electron chi connectivity index (χ2n) is 6.30. The van der Waals surface area contributed by atoms with Crippen LogP contribution >= 0.6 is 0 Å². The highest BCUT2D eigenvalue weighted by atomic mass is 16.5. The fourth-order valence-corrected chi connectivity index (χ4v) is 2.83. The van der Waals surface area contributed by atoms with Gasteiger partial charge in [0, 0.05) is 44.5 Å². The van der Waals surface area contributed by atoms with Gasteiger partial charge in [-0.25, -0.2) is 4.98 Å². The number of nitrogens with zero attached hydrogens (tertiary/aromatic N) is 3. The number of hydrogen-bond donors (Lipinski definition) is 2. The molecule has 1 aromatic carbocycles. The standard InChI is InChI=1S/C19H27N5O2/c1-15-13-18(20-7-8-24-9-11-26-12-10-24)23-19(22-15)21-14-16-3-5-17(25-2)6-4-16/h3-6,13H,7-12,14H2,1-2H3,(H2,20,21,22,23). The van der Waals surface area contributed by atoms with E-state index in [1.807, 2.05) is 37.3 Å². The van der Waals surface area contributed by atoms with Crippen molar-refractivity contribution in [2.75, 3.05) is 57.1 Å². The molecule has 0 unspecified atom stereocenters. The van der Waals surface area contributed by atoms with E-state index in [1.165, 1.54) is 0 Å². The Bertz CT molecular complexity index is 687. The zero-order chi connectivity index (χ0) is 18.2. The molecule has 26 heavy (non-hydrogen) atoms. The van der Waals surface area contributed by atoms with E-state index in [4.69, 9.17) is 9.47 Å². The number of ether oxygens (including phenoxy) is 2. The topological polar surface area (TPSA) is 71.5 Å². The minimum absolute atomic E-state index is 0.634. The molecular weight excluding hydrogens is 330 g/mol. The summed E-state index contributed by atoms with van der Waals surface area (Å²) in [6.07, 6.45) is 0. The lowest BCUT2D eigenvalue weighted by Gasteiger charge is -2.26. The van der Waals surface area contributed by atoms with E-state index in [1.54, 1.807) is 7.11 Å². The number of rotatable bonds is 8. The van der Waals surface area contributed by atoms with Crippen LogP contribution in [-0.4, -0.2) is 61.4 Å². The van der Waals surface area contributed by atoms with E-state index in [-0.39, 0.29) is 0 Å². The van der Waals surface area contributed by atoms with E-state index >= 15 is 0 Å². The molecule has 1 fully saturated rings. The lowest BCUT2D eigenvalue weighted by atomic mass is 10.2. The quantitative estimate of drug-likeness (QED) is 0.750. The molecular formula is C19H27N5O2. The lowest BCUT2D eigenvalue weighted by molar-refractivity contribution is 0.0398. The number of benzene rings is 1. The van der Waals surface area contributed by atoms with Crippen LogP contribution in [0.3, 0.4) is 0 Å². The Balaban J connectivity index is 1.51. The molecule has 0 spiro atoms. The molecule has 0 atom stereocenters. The van der Waals surface area contributed by atoms with Gasteiger partial charge in [-0.05, 0) is 24.6 Å². The summed E-state index contributed by atoms with van der Waals surface area (Å²) >= 11 is 0. The molecule has 2 aromatic rings.